The second-order valence-electron chi connectivity index (χ2n) is 3.76. The predicted molar refractivity (Wildman–Crippen MR) is 54.4 cm³/mol. The number of nitrogens with zero attached hydrogens (tertiary/aromatic N) is 1. The number of hydrogen-bond donors (Lipinski definition) is 2. The van der Waals surface area contributed by atoms with Crippen LogP contribution in [0.15, 0.2) is 5.16 Å². The fraction of sp³-hybridized carbons (Fsp3) is 0.778. The van der Waals surface area contributed by atoms with Crippen molar-refractivity contribution in [1.82, 2.24) is 5.32 Å². The predicted octanol–water partition coefficient (Wildman–Crippen LogP) is 0.709. The van der Waals surface area contributed by atoms with Gasteiger partial charge in [0, 0.05) is 12.0 Å². The van der Waals surface area contributed by atoms with E-state index in [1.807, 2.05) is 27.8 Å². The molecule has 0 saturated heterocycles. The van der Waals surface area contributed by atoms with Crippen LogP contribution in [0.25, 0.3) is 0 Å². The Morgan fingerprint density at radius 1 is 1.57 bits per heavy atom. The standard InChI is InChI=1S/C9H18N2O3/c1-7(9(2,3)6-10-4)11-14-5-8(12)13/h10H,5-6H2,1-4H3,(H,12,13)/b11-7+. The number of carbonyl (C=O) groups is 1. The van der Waals surface area contributed by atoms with Crippen LogP contribution >= 0.6 is 0 Å². The molecule has 0 heterocycles. The van der Waals surface area contributed by atoms with Crippen molar-refractivity contribution in [2.45, 2.75) is 20.8 Å². The maximum Gasteiger partial charge on any atom is 0.344 e. The number of rotatable bonds is 6. The van der Waals surface area contributed by atoms with E-state index in [1.54, 1.807) is 0 Å². The molecule has 5 nitrogen and oxygen atoms in total. The molecular formula is C9H18N2O3. The highest BCUT2D eigenvalue weighted by molar-refractivity contribution is 5.87. The minimum atomic E-state index is -1.02. The van der Waals surface area contributed by atoms with Gasteiger partial charge in [-0.1, -0.05) is 19.0 Å². The lowest BCUT2D eigenvalue weighted by Gasteiger charge is -2.23. The largest absolute Gasteiger partial charge is 0.479 e. The van der Waals surface area contributed by atoms with Gasteiger partial charge in [0.05, 0.1) is 5.71 Å². The Bertz CT molecular complexity index is 224. The first-order valence-electron chi connectivity index (χ1n) is 4.43. The first-order valence-corrected chi connectivity index (χ1v) is 4.43. The topological polar surface area (TPSA) is 70.9 Å². The van der Waals surface area contributed by atoms with Crippen LogP contribution in [0.2, 0.25) is 0 Å². The van der Waals surface area contributed by atoms with Crippen LogP contribution in [-0.4, -0.2) is 37.0 Å². The molecule has 82 valence electrons. The Labute approximate surface area is 84.1 Å². The van der Waals surface area contributed by atoms with E-state index in [0.717, 1.165) is 12.3 Å². The third-order valence-electron chi connectivity index (χ3n) is 1.99. The second-order valence-corrected chi connectivity index (χ2v) is 3.76. The molecule has 0 aliphatic heterocycles. The quantitative estimate of drug-likeness (QED) is 0.491. The van der Waals surface area contributed by atoms with Crippen LogP contribution in [0.1, 0.15) is 20.8 Å². The molecule has 0 aromatic rings. The van der Waals surface area contributed by atoms with Crippen molar-refractivity contribution >= 4 is 11.7 Å². The minimum Gasteiger partial charge on any atom is -0.479 e. The van der Waals surface area contributed by atoms with E-state index in [0.29, 0.717) is 0 Å². The summed E-state index contributed by atoms with van der Waals surface area (Å²) in [6.07, 6.45) is 0. The van der Waals surface area contributed by atoms with Crippen LogP contribution < -0.4 is 5.32 Å². The molecule has 0 aliphatic carbocycles. The van der Waals surface area contributed by atoms with Crippen LogP contribution in [-0.2, 0) is 9.63 Å². The van der Waals surface area contributed by atoms with Gasteiger partial charge in [-0.15, -0.1) is 0 Å². The number of carboxylic acids is 1. The fourth-order valence-electron chi connectivity index (χ4n) is 0.878. The van der Waals surface area contributed by atoms with Gasteiger partial charge in [0.15, 0.2) is 0 Å². The molecule has 2 N–H and O–H groups in total. The second kappa shape index (κ2) is 5.59. The van der Waals surface area contributed by atoms with Crippen molar-refractivity contribution < 1.29 is 14.7 Å². The monoisotopic (exact) mass is 202 g/mol. The van der Waals surface area contributed by atoms with Gasteiger partial charge in [-0.05, 0) is 14.0 Å². The van der Waals surface area contributed by atoms with E-state index in [-0.39, 0.29) is 5.41 Å². The summed E-state index contributed by atoms with van der Waals surface area (Å²) in [7, 11) is 1.85. The van der Waals surface area contributed by atoms with Crippen molar-refractivity contribution in [2.24, 2.45) is 10.6 Å². The maximum absolute atomic E-state index is 10.1. The maximum atomic E-state index is 10.1. The zero-order valence-corrected chi connectivity index (χ0v) is 9.13. The summed E-state index contributed by atoms with van der Waals surface area (Å²) in [5.74, 6) is -1.02. The Hall–Kier alpha value is -1.10. The Balaban J connectivity index is 4.14. The smallest absolute Gasteiger partial charge is 0.344 e. The summed E-state index contributed by atoms with van der Waals surface area (Å²) in [5.41, 5.74) is 0.640. The molecule has 0 unspecified atom stereocenters. The van der Waals surface area contributed by atoms with Crippen molar-refractivity contribution in [3.8, 4) is 0 Å². The van der Waals surface area contributed by atoms with Crippen LogP contribution in [0.4, 0.5) is 0 Å². The molecule has 0 bridgehead atoms. The fourth-order valence-corrected chi connectivity index (χ4v) is 0.878. The summed E-state index contributed by atoms with van der Waals surface area (Å²) < 4.78 is 0. The highest BCUT2D eigenvalue weighted by atomic mass is 16.6. The number of nitrogens with one attached hydrogen (secondary N) is 1. The molecule has 0 saturated carbocycles. The SMILES string of the molecule is CNCC(C)(C)/C(C)=N/OCC(=O)O. The van der Waals surface area contributed by atoms with Crippen molar-refractivity contribution in [2.75, 3.05) is 20.2 Å². The Morgan fingerprint density at radius 2 is 2.14 bits per heavy atom. The average molecular weight is 202 g/mol. The molecule has 0 atom stereocenters. The van der Waals surface area contributed by atoms with E-state index in [9.17, 15) is 4.79 Å². The van der Waals surface area contributed by atoms with Crippen LogP contribution in [0.3, 0.4) is 0 Å². The van der Waals surface area contributed by atoms with Gasteiger partial charge in [-0.3, -0.25) is 0 Å². The van der Waals surface area contributed by atoms with Crippen molar-refractivity contribution in [1.29, 1.82) is 0 Å². The van der Waals surface area contributed by atoms with E-state index < -0.39 is 12.6 Å². The highest BCUT2D eigenvalue weighted by Gasteiger charge is 2.21. The normalized spacial score (nSPS) is 12.7. The van der Waals surface area contributed by atoms with Crippen molar-refractivity contribution in [3.63, 3.8) is 0 Å². The van der Waals surface area contributed by atoms with Crippen molar-refractivity contribution in [3.05, 3.63) is 0 Å². The van der Waals surface area contributed by atoms with Gasteiger partial charge in [0.25, 0.3) is 0 Å². The summed E-state index contributed by atoms with van der Waals surface area (Å²) in [6.45, 7) is 6.20. The van der Waals surface area contributed by atoms with Gasteiger partial charge >= 0.3 is 5.97 Å². The van der Waals surface area contributed by atoms with Gasteiger partial charge < -0.3 is 15.3 Å². The number of carboxylic acid groups (broad SMARTS) is 1. The average Bonchev–Trinajstić information content (AvgIpc) is 2.03. The summed E-state index contributed by atoms with van der Waals surface area (Å²) in [5, 5.41) is 15.1. The molecule has 5 heteroatoms. The first-order chi connectivity index (χ1) is 6.40. The van der Waals surface area contributed by atoms with Gasteiger partial charge in [-0.2, -0.15) is 0 Å². The van der Waals surface area contributed by atoms with Gasteiger partial charge in [0.1, 0.15) is 0 Å². The Morgan fingerprint density at radius 3 is 2.57 bits per heavy atom. The molecule has 0 rings (SSSR count). The number of oxime groups is 1. The minimum absolute atomic E-state index is 0.132. The molecule has 0 spiro atoms. The zero-order valence-electron chi connectivity index (χ0n) is 9.13. The summed E-state index contributed by atoms with van der Waals surface area (Å²) in [4.78, 5) is 14.8. The van der Waals surface area contributed by atoms with Crippen LogP contribution in [0.5, 0.6) is 0 Å². The van der Waals surface area contributed by atoms with Gasteiger partial charge in [0.2, 0.25) is 6.61 Å². The van der Waals surface area contributed by atoms with E-state index in [4.69, 9.17) is 5.11 Å². The molecule has 0 aromatic heterocycles. The molecule has 0 amide bonds. The molecule has 0 radical (unpaired) electrons. The lowest BCUT2D eigenvalue weighted by Crippen LogP contribution is -2.33. The molecule has 0 aliphatic rings. The van der Waals surface area contributed by atoms with E-state index in [2.05, 4.69) is 15.3 Å². The van der Waals surface area contributed by atoms with Crippen LogP contribution in [0, 0.1) is 5.41 Å². The third kappa shape index (κ3) is 4.81. The van der Waals surface area contributed by atoms with E-state index in [1.165, 1.54) is 0 Å². The molecular weight excluding hydrogens is 184 g/mol. The van der Waals surface area contributed by atoms with Gasteiger partial charge in [-0.25, -0.2) is 4.79 Å². The third-order valence-corrected chi connectivity index (χ3v) is 1.99. The zero-order chi connectivity index (χ0) is 11.2. The lowest BCUT2D eigenvalue weighted by molar-refractivity contribution is -0.142. The Kier molecular flexibility index (Phi) is 5.15. The molecule has 14 heavy (non-hydrogen) atoms. The lowest BCUT2D eigenvalue weighted by atomic mass is 9.88. The summed E-state index contributed by atoms with van der Waals surface area (Å²) >= 11 is 0. The molecule has 0 fully saturated rings. The summed E-state index contributed by atoms with van der Waals surface area (Å²) in [6, 6.07) is 0. The number of hydrogen-bond acceptors (Lipinski definition) is 4. The van der Waals surface area contributed by atoms with E-state index >= 15 is 0 Å². The highest BCUT2D eigenvalue weighted by Crippen LogP contribution is 2.16. The first kappa shape index (κ1) is 12.9. The number of aliphatic carboxylic acids is 1. The molecule has 0 aromatic carbocycles.